The van der Waals surface area contributed by atoms with Crippen LogP contribution in [0.5, 0.6) is 0 Å². The summed E-state index contributed by atoms with van der Waals surface area (Å²) in [7, 11) is 3.72. The fourth-order valence-electron chi connectivity index (χ4n) is 0.855. The van der Waals surface area contributed by atoms with Crippen molar-refractivity contribution in [1.29, 1.82) is 0 Å². The van der Waals surface area contributed by atoms with Crippen LogP contribution < -0.4 is 10.7 Å². The summed E-state index contributed by atoms with van der Waals surface area (Å²) in [6, 6.07) is 0.0197. The van der Waals surface area contributed by atoms with Gasteiger partial charge in [-0.05, 0) is 20.8 Å². The molecule has 0 aliphatic carbocycles. The Morgan fingerprint density at radius 3 is 2.08 bits per heavy atom. The Hall–Kier alpha value is -0.610. The van der Waals surface area contributed by atoms with Crippen LogP contribution in [-0.2, 0) is 4.79 Å². The minimum Gasteiger partial charge on any atom is -0.353 e. The highest BCUT2D eigenvalue weighted by molar-refractivity contribution is 5.81. The molecule has 0 aromatic rings. The van der Waals surface area contributed by atoms with Crippen LogP contribution in [-0.4, -0.2) is 37.1 Å². The van der Waals surface area contributed by atoms with Gasteiger partial charge in [-0.25, -0.2) is 10.4 Å². The van der Waals surface area contributed by atoms with Crippen molar-refractivity contribution in [1.82, 2.24) is 15.8 Å². The van der Waals surface area contributed by atoms with Gasteiger partial charge in [0.1, 0.15) is 0 Å². The van der Waals surface area contributed by atoms with Crippen LogP contribution >= 0.6 is 0 Å². The highest BCUT2D eigenvalue weighted by atomic mass is 16.2. The number of hydrogen-bond acceptors (Lipinski definition) is 3. The Kier molecular flexibility index (Phi) is 4.85. The monoisotopic (exact) mass is 173 g/mol. The lowest BCUT2D eigenvalue weighted by Gasteiger charge is -2.19. The third kappa shape index (κ3) is 5.09. The Balaban J connectivity index is 3.77. The zero-order valence-corrected chi connectivity index (χ0v) is 8.51. The first-order chi connectivity index (χ1) is 5.43. The topological polar surface area (TPSA) is 44.4 Å². The van der Waals surface area contributed by atoms with Gasteiger partial charge in [-0.2, -0.15) is 0 Å². The maximum absolute atomic E-state index is 11.3. The van der Waals surface area contributed by atoms with E-state index in [-0.39, 0.29) is 18.0 Å². The van der Waals surface area contributed by atoms with E-state index in [1.165, 1.54) is 0 Å². The van der Waals surface area contributed by atoms with Gasteiger partial charge in [0, 0.05) is 20.1 Å². The molecule has 1 unspecified atom stereocenters. The average molecular weight is 173 g/mol. The van der Waals surface area contributed by atoms with Crippen LogP contribution in [0.4, 0.5) is 0 Å². The number of carbonyl (C=O) groups is 1. The normalized spacial score (nSPS) is 13.6. The minimum atomic E-state index is -0.178. The molecule has 4 nitrogen and oxygen atoms in total. The smallest absolute Gasteiger partial charge is 0.238 e. The second-order valence-corrected chi connectivity index (χ2v) is 3.41. The highest BCUT2D eigenvalue weighted by Crippen LogP contribution is 1.85. The molecule has 12 heavy (non-hydrogen) atoms. The van der Waals surface area contributed by atoms with E-state index in [0.717, 1.165) is 0 Å². The van der Waals surface area contributed by atoms with Crippen molar-refractivity contribution in [3.8, 4) is 0 Å². The Morgan fingerprint density at radius 2 is 1.75 bits per heavy atom. The molecule has 0 aromatic heterocycles. The van der Waals surface area contributed by atoms with E-state index in [9.17, 15) is 4.79 Å². The van der Waals surface area contributed by atoms with Gasteiger partial charge in [0.25, 0.3) is 0 Å². The Morgan fingerprint density at radius 1 is 1.25 bits per heavy atom. The fourth-order valence-corrected chi connectivity index (χ4v) is 0.855. The van der Waals surface area contributed by atoms with Crippen molar-refractivity contribution in [2.24, 2.45) is 0 Å². The first-order valence-corrected chi connectivity index (χ1v) is 4.17. The molecule has 72 valence electrons. The van der Waals surface area contributed by atoms with Crippen LogP contribution in [0.3, 0.4) is 0 Å². The lowest BCUT2D eigenvalue weighted by molar-refractivity contribution is -0.124. The van der Waals surface area contributed by atoms with Crippen molar-refractivity contribution in [3.05, 3.63) is 0 Å². The minimum absolute atomic E-state index is 0.0266. The standard InChI is InChI=1S/C8H19N3O/c1-6(2)9-8(12)7(3)10-11(4)5/h6-7,10H,1-5H3,(H,9,12). The first-order valence-electron chi connectivity index (χ1n) is 4.17. The largest absolute Gasteiger partial charge is 0.353 e. The lowest BCUT2D eigenvalue weighted by Crippen LogP contribution is -2.49. The number of amides is 1. The highest BCUT2D eigenvalue weighted by Gasteiger charge is 2.12. The van der Waals surface area contributed by atoms with Gasteiger partial charge in [-0.3, -0.25) is 4.79 Å². The van der Waals surface area contributed by atoms with Gasteiger partial charge in [0.15, 0.2) is 0 Å². The third-order valence-corrected chi connectivity index (χ3v) is 1.28. The molecule has 0 aliphatic rings. The van der Waals surface area contributed by atoms with E-state index in [2.05, 4.69) is 10.7 Å². The van der Waals surface area contributed by atoms with Crippen LogP contribution in [0.2, 0.25) is 0 Å². The summed E-state index contributed by atoms with van der Waals surface area (Å²) in [6.07, 6.45) is 0. The molecule has 0 radical (unpaired) electrons. The van der Waals surface area contributed by atoms with Gasteiger partial charge in [-0.15, -0.1) is 0 Å². The Bertz CT molecular complexity index is 145. The SMILES string of the molecule is CC(C)NC(=O)C(C)NN(C)C. The molecule has 0 heterocycles. The van der Waals surface area contributed by atoms with E-state index in [4.69, 9.17) is 0 Å². The first kappa shape index (κ1) is 11.4. The molecule has 2 N–H and O–H groups in total. The van der Waals surface area contributed by atoms with E-state index >= 15 is 0 Å². The number of carbonyl (C=O) groups excluding carboxylic acids is 1. The quantitative estimate of drug-likeness (QED) is 0.587. The molecule has 0 saturated carbocycles. The summed E-state index contributed by atoms with van der Waals surface area (Å²) in [4.78, 5) is 11.3. The zero-order valence-electron chi connectivity index (χ0n) is 8.51. The van der Waals surface area contributed by atoms with Gasteiger partial charge in [0.2, 0.25) is 5.91 Å². The summed E-state index contributed by atoms with van der Waals surface area (Å²) in [6.45, 7) is 5.72. The van der Waals surface area contributed by atoms with Crippen molar-refractivity contribution >= 4 is 5.91 Å². The molecular weight excluding hydrogens is 154 g/mol. The predicted molar refractivity (Wildman–Crippen MR) is 49.6 cm³/mol. The lowest BCUT2D eigenvalue weighted by atomic mass is 10.3. The van der Waals surface area contributed by atoms with Gasteiger partial charge < -0.3 is 5.32 Å². The van der Waals surface area contributed by atoms with Crippen LogP contribution in [0, 0.1) is 0 Å². The van der Waals surface area contributed by atoms with Crippen molar-refractivity contribution in [2.45, 2.75) is 32.9 Å². The molecule has 1 atom stereocenters. The van der Waals surface area contributed by atoms with E-state index < -0.39 is 0 Å². The maximum atomic E-state index is 11.3. The summed E-state index contributed by atoms with van der Waals surface area (Å²) < 4.78 is 0. The summed E-state index contributed by atoms with van der Waals surface area (Å²) >= 11 is 0. The Labute approximate surface area is 74.3 Å². The van der Waals surface area contributed by atoms with Crippen molar-refractivity contribution in [3.63, 3.8) is 0 Å². The van der Waals surface area contributed by atoms with Gasteiger partial charge in [0.05, 0.1) is 6.04 Å². The van der Waals surface area contributed by atoms with Crippen molar-refractivity contribution < 1.29 is 4.79 Å². The molecule has 1 amide bonds. The molecule has 0 fully saturated rings. The molecule has 0 bridgehead atoms. The molecule has 0 aromatic carbocycles. The number of nitrogens with one attached hydrogen (secondary N) is 2. The maximum Gasteiger partial charge on any atom is 0.238 e. The molecule has 0 saturated heterocycles. The van der Waals surface area contributed by atoms with Gasteiger partial charge in [-0.1, -0.05) is 0 Å². The zero-order chi connectivity index (χ0) is 9.72. The van der Waals surface area contributed by atoms with E-state index in [1.54, 1.807) is 5.01 Å². The molecule has 0 aliphatic heterocycles. The molecule has 4 heteroatoms. The third-order valence-electron chi connectivity index (χ3n) is 1.28. The number of hydrogen-bond donors (Lipinski definition) is 2. The van der Waals surface area contributed by atoms with E-state index in [0.29, 0.717) is 0 Å². The van der Waals surface area contributed by atoms with Crippen LogP contribution in [0.1, 0.15) is 20.8 Å². The molecular formula is C8H19N3O. The van der Waals surface area contributed by atoms with E-state index in [1.807, 2.05) is 34.9 Å². The second kappa shape index (κ2) is 5.11. The summed E-state index contributed by atoms with van der Waals surface area (Å²) in [5, 5.41) is 4.59. The van der Waals surface area contributed by atoms with Crippen LogP contribution in [0.15, 0.2) is 0 Å². The average Bonchev–Trinajstić information content (AvgIpc) is 1.84. The molecule has 0 rings (SSSR count). The van der Waals surface area contributed by atoms with Crippen LogP contribution in [0.25, 0.3) is 0 Å². The second-order valence-electron chi connectivity index (χ2n) is 3.41. The summed E-state index contributed by atoms with van der Waals surface area (Å²) in [5.41, 5.74) is 2.97. The fraction of sp³-hybridized carbons (Fsp3) is 0.875. The number of rotatable bonds is 4. The summed E-state index contributed by atoms with van der Waals surface area (Å²) in [5.74, 6) is 0.0266. The number of hydrazine groups is 1. The van der Waals surface area contributed by atoms with Gasteiger partial charge >= 0.3 is 0 Å². The predicted octanol–water partition coefficient (Wildman–Crippen LogP) is -0.0343. The molecule has 0 spiro atoms. The van der Waals surface area contributed by atoms with Crippen molar-refractivity contribution in [2.75, 3.05) is 14.1 Å². The number of nitrogens with zero attached hydrogens (tertiary/aromatic N) is 1.